The number of hydrogen-bond acceptors (Lipinski definition) is 3. The van der Waals surface area contributed by atoms with Crippen LogP contribution in [0.3, 0.4) is 0 Å². The molecule has 100 valence electrons. The summed E-state index contributed by atoms with van der Waals surface area (Å²) in [5.41, 5.74) is -1.11. The van der Waals surface area contributed by atoms with E-state index in [0.717, 1.165) is 12.1 Å². The maximum absolute atomic E-state index is 12.5. The Labute approximate surface area is 105 Å². The predicted molar refractivity (Wildman–Crippen MR) is 60.0 cm³/mol. The molecule has 0 spiro atoms. The summed E-state index contributed by atoms with van der Waals surface area (Å²) in [4.78, 5) is 10.0. The van der Waals surface area contributed by atoms with E-state index in [1.807, 2.05) is 0 Å². The molecule has 8 heteroatoms. The molecule has 1 aromatic heterocycles. The molecule has 2 aromatic rings. The largest absolute Gasteiger partial charge is 0.416 e. The van der Waals surface area contributed by atoms with Crippen molar-refractivity contribution in [3.8, 4) is 5.69 Å². The smallest absolute Gasteiger partial charge is 0.258 e. The number of aromatic nitrogens is 2. The third-order valence-electron chi connectivity index (χ3n) is 2.56. The summed E-state index contributed by atoms with van der Waals surface area (Å²) in [6.45, 7) is 1.65. The molecule has 0 aliphatic heterocycles. The molecule has 19 heavy (non-hydrogen) atoms. The molecule has 2 rings (SSSR count). The highest BCUT2D eigenvalue weighted by molar-refractivity contribution is 5.54. The number of halogens is 3. The average Bonchev–Trinajstić information content (AvgIpc) is 2.73. The minimum atomic E-state index is -4.62. The molecule has 0 aliphatic rings. The van der Waals surface area contributed by atoms with Gasteiger partial charge >= 0.3 is 6.18 Å². The summed E-state index contributed by atoms with van der Waals surface area (Å²) in [5.74, 6) is 0. The number of nitro groups is 1. The molecular formula is C11H8F3N3O2. The third-order valence-corrected chi connectivity index (χ3v) is 2.56. The Kier molecular flexibility index (Phi) is 3.01. The third kappa shape index (κ3) is 2.42. The summed E-state index contributed by atoms with van der Waals surface area (Å²) in [7, 11) is 0. The zero-order valence-electron chi connectivity index (χ0n) is 9.68. The lowest BCUT2D eigenvalue weighted by Gasteiger charge is -2.09. The minimum Gasteiger partial charge on any atom is -0.258 e. The highest BCUT2D eigenvalue weighted by Crippen LogP contribution is 2.34. The molecule has 0 N–H and O–H groups in total. The Bertz CT molecular complexity index is 634. The van der Waals surface area contributed by atoms with E-state index in [-0.39, 0.29) is 5.69 Å². The van der Waals surface area contributed by atoms with Gasteiger partial charge in [0.25, 0.3) is 5.69 Å². The van der Waals surface area contributed by atoms with Gasteiger partial charge in [-0.25, -0.2) is 4.68 Å². The Hall–Kier alpha value is -2.38. The number of aryl methyl sites for hydroxylation is 1. The number of nitrogens with zero attached hydrogens (tertiary/aromatic N) is 3. The summed E-state index contributed by atoms with van der Waals surface area (Å²) < 4.78 is 38.8. The van der Waals surface area contributed by atoms with Crippen LogP contribution in [0.25, 0.3) is 5.69 Å². The summed E-state index contributed by atoms with van der Waals surface area (Å²) in [6.07, 6.45) is -3.21. The number of alkyl halides is 3. The standard InChI is InChI=1S/C11H8F3N3O2/c1-7-4-5-15-16(7)9-3-2-8(11(12,13)14)6-10(9)17(18)19/h2-6H,1H3. The van der Waals surface area contributed by atoms with Gasteiger partial charge < -0.3 is 0 Å². The Morgan fingerprint density at radius 2 is 2.00 bits per heavy atom. The van der Waals surface area contributed by atoms with E-state index < -0.39 is 22.4 Å². The van der Waals surface area contributed by atoms with Crippen LogP contribution in [0.2, 0.25) is 0 Å². The zero-order chi connectivity index (χ0) is 14.2. The SMILES string of the molecule is Cc1ccnn1-c1ccc(C(F)(F)F)cc1[N+](=O)[O-]. The highest BCUT2D eigenvalue weighted by atomic mass is 19.4. The molecule has 0 saturated carbocycles. The molecule has 0 unspecified atom stereocenters. The van der Waals surface area contributed by atoms with Gasteiger partial charge in [0.2, 0.25) is 0 Å². The lowest BCUT2D eigenvalue weighted by atomic mass is 10.1. The van der Waals surface area contributed by atoms with E-state index in [0.29, 0.717) is 11.8 Å². The molecule has 0 radical (unpaired) electrons. The number of hydrogen-bond donors (Lipinski definition) is 0. The summed E-state index contributed by atoms with van der Waals surface area (Å²) in [6, 6.07) is 3.95. The van der Waals surface area contributed by atoms with Crippen LogP contribution >= 0.6 is 0 Å². The Morgan fingerprint density at radius 3 is 2.47 bits per heavy atom. The van der Waals surface area contributed by atoms with Crippen LogP contribution in [0.5, 0.6) is 0 Å². The lowest BCUT2D eigenvalue weighted by molar-refractivity contribution is -0.384. The van der Waals surface area contributed by atoms with Crippen LogP contribution in [0.1, 0.15) is 11.3 Å². The van der Waals surface area contributed by atoms with Crippen molar-refractivity contribution in [2.45, 2.75) is 13.1 Å². The van der Waals surface area contributed by atoms with Gasteiger partial charge in [-0.3, -0.25) is 10.1 Å². The molecule has 0 fully saturated rings. The number of benzene rings is 1. The Balaban J connectivity index is 2.64. The van der Waals surface area contributed by atoms with Gasteiger partial charge in [0.05, 0.1) is 10.5 Å². The monoisotopic (exact) mass is 271 g/mol. The first-order valence-electron chi connectivity index (χ1n) is 5.17. The first-order valence-corrected chi connectivity index (χ1v) is 5.17. The van der Waals surface area contributed by atoms with Crippen molar-refractivity contribution in [3.63, 3.8) is 0 Å². The van der Waals surface area contributed by atoms with E-state index in [1.165, 1.54) is 10.9 Å². The van der Waals surface area contributed by atoms with Crippen molar-refractivity contribution in [1.29, 1.82) is 0 Å². The average molecular weight is 271 g/mol. The predicted octanol–water partition coefficient (Wildman–Crippen LogP) is 3.11. The minimum absolute atomic E-state index is 0.000463. The summed E-state index contributed by atoms with van der Waals surface area (Å²) in [5, 5.41) is 14.8. The molecule has 1 aromatic carbocycles. The molecule has 0 atom stereocenters. The van der Waals surface area contributed by atoms with E-state index in [1.54, 1.807) is 13.0 Å². The van der Waals surface area contributed by atoms with Crippen LogP contribution in [-0.4, -0.2) is 14.7 Å². The summed E-state index contributed by atoms with van der Waals surface area (Å²) >= 11 is 0. The fraction of sp³-hybridized carbons (Fsp3) is 0.182. The fourth-order valence-corrected chi connectivity index (χ4v) is 1.65. The van der Waals surface area contributed by atoms with Crippen LogP contribution in [-0.2, 0) is 6.18 Å². The Morgan fingerprint density at radius 1 is 1.32 bits per heavy atom. The molecule has 0 amide bonds. The number of nitro benzene ring substituents is 1. The molecule has 0 aliphatic carbocycles. The molecule has 0 bridgehead atoms. The molecule has 1 heterocycles. The van der Waals surface area contributed by atoms with E-state index >= 15 is 0 Å². The van der Waals surface area contributed by atoms with Crippen LogP contribution in [0, 0.1) is 17.0 Å². The van der Waals surface area contributed by atoms with Crippen molar-refractivity contribution in [2.24, 2.45) is 0 Å². The van der Waals surface area contributed by atoms with Gasteiger partial charge in [0.1, 0.15) is 5.69 Å². The van der Waals surface area contributed by atoms with E-state index in [4.69, 9.17) is 0 Å². The second kappa shape index (κ2) is 4.38. The quantitative estimate of drug-likeness (QED) is 0.622. The van der Waals surface area contributed by atoms with Crippen molar-refractivity contribution in [3.05, 3.63) is 51.8 Å². The normalized spacial score (nSPS) is 11.6. The molecular weight excluding hydrogens is 263 g/mol. The fourth-order valence-electron chi connectivity index (χ4n) is 1.65. The van der Waals surface area contributed by atoms with E-state index in [2.05, 4.69) is 5.10 Å². The molecule has 0 saturated heterocycles. The first kappa shape index (κ1) is 13.1. The van der Waals surface area contributed by atoms with Gasteiger partial charge in [0.15, 0.2) is 0 Å². The first-order chi connectivity index (χ1) is 8.80. The van der Waals surface area contributed by atoms with Gasteiger partial charge in [0, 0.05) is 18.0 Å². The highest BCUT2D eigenvalue weighted by Gasteiger charge is 2.33. The van der Waals surface area contributed by atoms with Gasteiger partial charge in [-0.1, -0.05) is 0 Å². The van der Waals surface area contributed by atoms with E-state index in [9.17, 15) is 23.3 Å². The second-order valence-corrected chi connectivity index (χ2v) is 3.84. The van der Waals surface area contributed by atoms with Gasteiger partial charge in [-0.15, -0.1) is 0 Å². The van der Waals surface area contributed by atoms with Crippen LogP contribution in [0.4, 0.5) is 18.9 Å². The van der Waals surface area contributed by atoms with Crippen molar-refractivity contribution >= 4 is 5.69 Å². The van der Waals surface area contributed by atoms with Crippen molar-refractivity contribution in [2.75, 3.05) is 0 Å². The maximum atomic E-state index is 12.5. The van der Waals surface area contributed by atoms with Gasteiger partial charge in [-0.05, 0) is 25.1 Å². The zero-order valence-corrected chi connectivity index (χ0v) is 9.68. The lowest BCUT2D eigenvalue weighted by Crippen LogP contribution is -2.08. The van der Waals surface area contributed by atoms with Crippen molar-refractivity contribution < 1.29 is 18.1 Å². The number of rotatable bonds is 2. The topological polar surface area (TPSA) is 61.0 Å². The van der Waals surface area contributed by atoms with Gasteiger partial charge in [-0.2, -0.15) is 18.3 Å². The van der Waals surface area contributed by atoms with Crippen LogP contribution < -0.4 is 0 Å². The maximum Gasteiger partial charge on any atom is 0.416 e. The van der Waals surface area contributed by atoms with Crippen LogP contribution in [0.15, 0.2) is 30.5 Å². The second-order valence-electron chi connectivity index (χ2n) is 3.84. The molecule has 5 nitrogen and oxygen atoms in total. The van der Waals surface area contributed by atoms with Crippen molar-refractivity contribution in [1.82, 2.24) is 9.78 Å².